The fourth-order valence-corrected chi connectivity index (χ4v) is 2.82. The molecule has 0 bridgehead atoms. The molecule has 0 aliphatic heterocycles. The van der Waals surface area contributed by atoms with Gasteiger partial charge < -0.3 is 19.7 Å². The molecule has 0 saturated heterocycles. The third-order valence-electron chi connectivity index (χ3n) is 3.97. The van der Waals surface area contributed by atoms with Crippen LogP contribution >= 0.6 is 0 Å². The smallest absolute Gasteiger partial charge is 0.201 e. The fourth-order valence-electron chi connectivity index (χ4n) is 2.82. The van der Waals surface area contributed by atoms with Crippen molar-refractivity contribution in [3.05, 3.63) is 64.8 Å². The summed E-state index contributed by atoms with van der Waals surface area (Å²) in [4.78, 5) is 12.9. The number of hydrogen-bond donors (Lipinski definition) is 3. The van der Waals surface area contributed by atoms with Crippen LogP contribution in [-0.4, -0.2) is 15.3 Å². The van der Waals surface area contributed by atoms with E-state index in [9.17, 15) is 20.1 Å². The van der Waals surface area contributed by atoms with Gasteiger partial charge in [0, 0.05) is 6.07 Å². The largest absolute Gasteiger partial charge is 0.508 e. The van der Waals surface area contributed by atoms with Gasteiger partial charge in [0.05, 0.1) is 10.8 Å². The molecular weight excluding hydrogens is 308 g/mol. The van der Waals surface area contributed by atoms with E-state index >= 15 is 0 Å². The number of rotatable bonds is 1. The van der Waals surface area contributed by atoms with E-state index < -0.39 is 0 Å². The summed E-state index contributed by atoms with van der Waals surface area (Å²) in [5.41, 5.74) is 1.63. The van der Waals surface area contributed by atoms with E-state index in [-0.39, 0.29) is 22.7 Å². The Morgan fingerprint density at radius 1 is 0.792 bits per heavy atom. The number of fused-ring (bicyclic) bond motifs is 2. The molecule has 0 radical (unpaired) electrons. The van der Waals surface area contributed by atoms with E-state index in [4.69, 9.17) is 4.42 Å². The summed E-state index contributed by atoms with van der Waals surface area (Å²) >= 11 is 0. The quantitative estimate of drug-likeness (QED) is 0.367. The average molecular weight is 320 g/mol. The first-order valence-corrected chi connectivity index (χ1v) is 7.25. The maximum absolute atomic E-state index is 12.9. The van der Waals surface area contributed by atoms with Crippen molar-refractivity contribution < 1.29 is 19.7 Å². The van der Waals surface area contributed by atoms with Gasteiger partial charge in [-0.1, -0.05) is 18.2 Å². The van der Waals surface area contributed by atoms with Gasteiger partial charge >= 0.3 is 0 Å². The molecule has 0 fully saturated rings. The predicted molar refractivity (Wildman–Crippen MR) is 90.4 cm³/mol. The highest BCUT2D eigenvalue weighted by Crippen LogP contribution is 2.34. The Balaban J connectivity index is 2.12. The average Bonchev–Trinajstić information content (AvgIpc) is 2.56. The third-order valence-corrected chi connectivity index (χ3v) is 3.97. The molecule has 3 aromatic carbocycles. The molecule has 4 rings (SSSR count). The summed E-state index contributed by atoms with van der Waals surface area (Å²) in [6.45, 7) is 0. The fraction of sp³-hybridized carbons (Fsp3) is 0. The van der Waals surface area contributed by atoms with Crippen molar-refractivity contribution in [3.8, 4) is 28.4 Å². The normalized spacial score (nSPS) is 11.2. The summed E-state index contributed by atoms with van der Waals surface area (Å²) in [7, 11) is 0. The van der Waals surface area contributed by atoms with Gasteiger partial charge in [-0.25, -0.2) is 0 Å². The van der Waals surface area contributed by atoms with Crippen LogP contribution in [0.1, 0.15) is 0 Å². The van der Waals surface area contributed by atoms with Crippen LogP contribution in [0.5, 0.6) is 17.2 Å². The minimum atomic E-state index is -0.264. The Labute approximate surface area is 135 Å². The maximum Gasteiger partial charge on any atom is 0.201 e. The highest BCUT2D eigenvalue weighted by molar-refractivity contribution is 5.99. The molecule has 0 amide bonds. The van der Waals surface area contributed by atoms with Crippen molar-refractivity contribution in [1.29, 1.82) is 0 Å². The lowest BCUT2D eigenvalue weighted by Crippen LogP contribution is -2.03. The zero-order valence-electron chi connectivity index (χ0n) is 12.4. The van der Waals surface area contributed by atoms with Crippen LogP contribution in [0.3, 0.4) is 0 Å². The molecule has 118 valence electrons. The number of hydrogen-bond acceptors (Lipinski definition) is 5. The van der Waals surface area contributed by atoms with Crippen LogP contribution in [0.4, 0.5) is 0 Å². The molecule has 3 N–H and O–H groups in total. The molecule has 1 heterocycles. The molecular formula is C19H12O5. The van der Waals surface area contributed by atoms with E-state index in [1.165, 1.54) is 30.3 Å². The summed E-state index contributed by atoms with van der Waals surface area (Å²) < 4.78 is 5.75. The van der Waals surface area contributed by atoms with E-state index in [0.717, 1.165) is 0 Å². The second-order valence-electron chi connectivity index (χ2n) is 5.49. The molecule has 0 spiro atoms. The van der Waals surface area contributed by atoms with Crippen molar-refractivity contribution in [1.82, 2.24) is 0 Å². The number of aromatic hydroxyl groups is 3. The van der Waals surface area contributed by atoms with Crippen LogP contribution in [-0.2, 0) is 0 Å². The van der Waals surface area contributed by atoms with Crippen molar-refractivity contribution in [3.63, 3.8) is 0 Å². The Bertz CT molecular complexity index is 1160. The van der Waals surface area contributed by atoms with Gasteiger partial charge in [0.15, 0.2) is 11.5 Å². The summed E-state index contributed by atoms with van der Waals surface area (Å²) in [6, 6.07) is 13.9. The Hall–Kier alpha value is -3.47. The minimum Gasteiger partial charge on any atom is -0.508 e. The second kappa shape index (κ2) is 5.03. The molecule has 5 nitrogen and oxygen atoms in total. The van der Waals surface area contributed by atoms with Gasteiger partial charge in [-0.15, -0.1) is 0 Å². The molecule has 0 saturated carbocycles. The maximum atomic E-state index is 12.9. The predicted octanol–water partition coefficient (Wildman–Crippen LogP) is 3.73. The van der Waals surface area contributed by atoms with Crippen molar-refractivity contribution >= 4 is 21.9 Å². The standard InChI is InChI=1S/C19H12O5/c20-11-5-6-13-17(9-11)24-16-3-1-2-12(18(16)19(13)23)10-4-7-14(21)15(22)8-10/h1-9,20-22H. The molecule has 0 unspecified atom stereocenters. The zero-order valence-corrected chi connectivity index (χ0v) is 12.4. The lowest BCUT2D eigenvalue weighted by atomic mass is 9.99. The van der Waals surface area contributed by atoms with E-state index in [0.29, 0.717) is 33.1 Å². The van der Waals surface area contributed by atoms with Crippen molar-refractivity contribution in [2.75, 3.05) is 0 Å². The first-order valence-electron chi connectivity index (χ1n) is 7.25. The Kier molecular flexibility index (Phi) is 2.96. The van der Waals surface area contributed by atoms with Crippen molar-refractivity contribution in [2.45, 2.75) is 0 Å². The van der Waals surface area contributed by atoms with Gasteiger partial charge in [-0.05, 0) is 41.5 Å². The first-order chi connectivity index (χ1) is 11.5. The van der Waals surface area contributed by atoms with Gasteiger partial charge in [0.1, 0.15) is 16.9 Å². The van der Waals surface area contributed by atoms with Gasteiger partial charge in [0.25, 0.3) is 0 Å². The Morgan fingerprint density at radius 2 is 1.62 bits per heavy atom. The molecule has 0 aliphatic rings. The SMILES string of the molecule is O=c1c2ccc(O)cc2oc2cccc(-c3ccc(O)c(O)c3)c12. The third kappa shape index (κ3) is 2.06. The van der Waals surface area contributed by atoms with Crippen LogP contribution in [0.15, 0.2) is 63.8 Å². The van der Waals surface area contributed by atoms with E-state index in [1.54, 1.807) is 24.3 Å². The zero-order chi connectivity index (χ0) is 16.8. The van der Waals surface area contributed by atoms with Gasteiger partial charge in [-0.3, -0.25) is 4.79 Å². The lowest BCUT2D eigenvalue weighted by Gasteiger charge is -2.08. The number of phenols is 3. The van der Waals surface area contributed by atoms with Crippen LogP contribution in [0, 0.1) is 0 Å². The molecule has 1 aromatic heterocycles. The van der Waals surface area contributed by atoms with E-state index in [1.807, 2.05) is 0 Å². The molecule has 5 heteroatoms. The van der Waals surface area contributed by atoms with Crippen LogP contribution < -0.4 is 5.43 Å². The topological polar surface area (TPSA) is 90.9 Å². The number of benzene rings is 3. The van der Waals surface area contributed by atoms with Gasteiger partial charge in [-0.2, -0.15) is 0 Å². The Morgan fingerprint density at radius 3 is 2.42 bits per heavy atom. The summed E-state index contributed by atoms with van der Waals surface area (Å²) in [6.07, 6.45) is 0. The summed E-state index contributed by atoms with van der Waals surface area (Å²) in [5, 5.41) is 29.5. The van der Waals surface area contributed by atoms with E-state index in [2.05, 4.69) is 0 Å². The summed E-state index contributed by atoms with van der Waals surface area (Å²) in [5.74, 6) is -0.476. The highest BCUT2D eigenvalue weighted by Gasteiger charge is 2.14. The second-order valence-corrected chi connectivity index (χ2v) is 5.49. The van der Waals surface area contributed by atoms with Gasteiger partial charge in [0.2, 0.25) is 5.43 Å². The highest BCUT2D eigenvalue weighted by atomic mass is 16.3. The molecule has 4 aromatic rings. The molecule has 0 atom stereocenters. The first kappa shape index (κ1) is 14.1. The number of phenolic OH excluding ortho intramolecular Hbond substituents is 3. The molecule has 24 heavy (non-hydrogen) atoms. The van der Waals surface area contributed by atoms with Crippen LogP contribution in [0.2, 0.25) is 0 Å². The lowest BCUT2D eigenvalue weighted by molar-refractivity contribution is 0.404. The van der Waals surface area contributed by atoms with Crippen molar-refractivity contribution in [2.24, 2.45) is 0 Å². The minimum absolute atomic E-state index is 0.0182. The van der Waals surface area contributed by atoms with Crippen LogP contribution in [0.25, 0.3) is 33.1 Å². The monoisotopic (exact) mass is 320 g/mol. The molecule has 0 aliphatic carbocycles.